The number of amides is 2. The van der Waals surface area contributed by atoms with Gasteiger partial charge in [-0.25, -0.2) is 0 Å². The van der Waals surface area contributed by atoms with Crippen LogP contribution in [0.5, 0.6) is 28.7 Å². The highest BCUT2D eigenvalue weighted by Crippen LogP contribution is 2.42. The molecule has 11 N–H and O–H groups in total. The van der Waals surface area contributed by atoms with Crippen molar-refractivity contribution in [3.63, 3.8) is 0 Å². The molecule has 0 aliphatic heterocycles. The molecule has 0 heterocycles. The molecule has 2 aromatic carbocycles. The minimum Gasteiger partial charge on any atom is -0.508 e. The van der Waals surface area contributed by atoms with E-state index < -0.39 is 82.7 Å². The molecule has 17 heteroatoms. The normalized spacial score (nSPS) is 13.2. The molecule has 0 saturated carbocycles. The number of aliphatic hydroxyl groups is 1. The smallest absolute Gasteiger partial charge is 0.322 e. The van der Waals surface area contributed by atoms with Gasteiger partial charge in [-0.15, -0.1) is 0 Å². The van der Waals surface area contributed by atoms with Gasteiger partial charge in [-0.1, -0.05) is 0 Å². The van der Waals surface area contributed by atoms with Crippen molar-refractivity contribution in [2.45, 2.75) is 62.5 Å². The average molecular weight is 682 g/mol. The molecule has 0 fully saturated rings. The predicted molar refractivity (Wildman–Crippen MR) is 168 cm³/mol. The summed E-state index contributed by atoms with van der Waals surface area (Å²) >= 11 is 1.02. The van der Waals surface area contributed by atoms with Crippen molar-refractivity contribution in [2.75, 3.05) is 19.4 Å². The van der Waals surface area contributed by atoms with E-state index in [2.05, 4.69) is 10.6 Å². The van der Waals surface area contributed by atoms with E-state index in [-0.39, 0.29) is 53.2 Å². The van der Waals surface area contributed by atoms with Gasteiger partial charge in [-0.2, -0.15) is 11.8 Å². The van der Waals surface area contributed by atoms with Gasteiger partial charge in [0.25, 0.3) is 0 Å². The molecule has 47 heavy (non-hydrogen) atoms. The fourth-order valence-electron chi connectivity index (χ4n) is 4.32. The van der Waals surface area contributed by atoms with Crippen molar-refractivity contribution in [1.82, 2.24) is 10.6 Å². The summed E-state index contributed by atoms with van der Waals surface area (Å²) in [6, 6.07) is 1.75. The first-order chi connectivity index (χ1) is 21.9. The number of aromatic hydroxyl groups is 4. The van der Waals surface area contributed by atoms with Crippen LogP contribution in [0.2, 0.25) is 0 Å². The number of nitrogens with two attached hydrogens (primary N) is 1. The highest BCUT2D eigenvalue weighted by atomic mass is 32.2. The fraction of sp³-hybridized carbons (Fsp3) is 0.433. The second kappa shape index (κ2) is 16.7. The summed E-state index contributed by atoms with van der Waals surface area (Å²) in [6.07, 6.45) is -2.60. The number of hydrogen-bond donors (Lipinski definition) is 10. The van der Waals surface area contributed by atoms with Crippen LogP contribution in [0.3, 0.4) is 0 Å². The molecule has 0 radical (unpaired) electrons. The quantitative estimate of drug-likeness (QED) is 0.0943. The highest BCUT2D eigenvalue weighted by Gasteiger charge is 2.34. The molecular formula is C30H39N3O13S. The number of carbonyl (C=O) groups is 5. The predicted octanol–water partition coefficient (Wildman–Crippen LogP) is 0.236. The summed E-state index contributed by atoms with van der Waals surface area (Å²) in [7, 11) is 1.22. The van der Waals surface area contributed by atoms with E-state index in [0.717, 1.165) is 23.9 Å². The van der Waals surface area contributed by atoms with Gasteiger partial charge in [0.1, 0.15) is 47.4 Å². The number of ketones is 1. The number of carboxylic acid groups (broad SMARTS) is 2. The zero-order valence-electron chi connectivity index (χ0n) is 25.8. The number of hydrogen-bond acceptors (Lipinski definition) is 13. The fourth-order valence-corrected chi connectivity index (χ4v) is 5.43. The Morgan fingerprint density at radius 3 is 2.19 bits per heavy atom. The molecule has 0 spiro atoms. The molecule has 2 amide bonds. The number of rotatable bonds is 18. The lowest BCUT2D eigenvalue weighted by atomic mass is 9.93. The summed E-state index contributed by atoms with van der Waals surface area (Å²) < 4.78 is 4.32. The van der Waals surface area contributed by atoms with Crippen LogP contribution in [0.15, 0.2) is 24.3 Å². The van der Waals surface area contributed by atoms with Gasteiger partial charge in [0.05, 0.1) is 18.8 Å². The first-order valence-electron chi connectivity index (χ1n) is 14.1. The van der Waals surface area contributed by atoms with E-state index in [1.807, 2.05) is 0 Å². The van der Waals surface area contributed by atoms with E-state index >= 15 is 0 Å². The van der Waals surface area contributed by atoms with Crippen molar-refractivity contribution in [1.29, 1.82) is 0 Å². The number of carbonyl (C=O) groups excluding carboxylic acids is 3. The Labute approximate surface area is 273 Å². The lowest BCUT2D eigenvalue weighted by Crippen LogP contribution is -2.50. The Kier molecular flexibility index (Phi) is 13.7. The van der Waals surface area contributed by atoms with Gasteiger partial charge in [-0.05, 0) is 32.4 Å². The average Bonchev–Trinajstić information content (AvgIpc) is 2.98. The van der Waals surface area contributed by atoms with Crippen molar-refractivity contribution in [3.05, 3.63) is 41.0 Å². The minimum absolute atomic E-state index is 0.0306. The van der Waals surface area contributed by atoms with Crippen molar-refractivity contribution in [2.24, 2.45) is 5.73 Å². The van der Waals surface area contributed by atoms with Crippen LogP contribution in [0.1, 0.15) is 48.2 Å². The summed E-state index contributed by atoms with van der Waals surface area (Å²) in [5.74, 6) is -6.82. The highest BCUT2D eigenvalue weighted by molar-refractivity contribution is 8.00. The maximum Gasteiger partial charge on any atom is 0.322 e. The number of benzene rings is 2. The van der Waals surface area contributed by atoms with Gasteiger partial charge in [0.2, 0.25) is 11.8 Å². The lowest BCUT2D eigenvalue weighted by molar-refractivity contribution is -0.139. The Morgan fingerprint density at radius 2 is 1.62 bits per heavy atom. The number of ether oxygens (including phenoxy) is 1. The minimum atomic E-state index is -1.33. The Hall–Kier alpha value is -4.74. The zero-order chi connectivity index (χ0) is 35.6. The first-order valence-corrected chi connectivity index (χ1v) is 15.1. The number of Topliss-reactive ketones (excluding diaryl/α,β-unsaturated/α-hetero) is 1. The standard InChI is InChI=1S/C30H39N3O13S/c1-30(2,47-13-19(28(43)32-12-26(41)42)33-25(40)7-6-18(31)29(44)45)24(39)10-17-23(38)11-22(37)16(27(17)46-3)9-21(36)15-5-4-14(34)8-20(15)35/h4-5,8,11,18-19,24,34-35,37-39H,6-7,9-10,12-13,31H2,1-3H3,(H,32,43)(H,33,40)(H,41,42)(H,44,45). The molecule has 2 rings (SSSR count). The third-order valence-electron chi connectivity index (χ3n) is 7.15. The summed E-state index contributed by atoms with van der Waals surface area (Å²) in [6.45, 7) is 2.47. The Balaban J connectivity index is 2.26. The molecule has 16 nitrogen and oxygen atoms in total. The molecule has 0 aliphatic carbocycles. The van der Waals surface area contributed by atoms with Crippen LogP contribution in [0.25, 0.3) is 0 Å². The largest absolute Gasteiger partial charge is 0.508 e. The van der Waals surface area contributed by atoms with E-state index in [4.69, 9.17) is 20.7 Å². The number of nitrogens with one attached hydrogen (secondary N) is 2. The van der Waals surface area contributed by atoms with E-state index in [9.17, 15) is 49.5 Å². The molecule has 2 aromatic rings. The molecule has 0 saturated heterocycles. The third kappa shape index (κ3) is 10.9. The van der Waals surface area contributed by atoms with Gasteiger partial charge >= 0.3 is 11.9 Å². The molecule has 3 unspecified atom stereocenters. The molecule has 258 valence electrons. The van der Waals surface area contributed by atoms with Gasteiger partial charge in [0.15, 0.2) is 5.78 Å². The SMILES string of the molecule is COc1c(CC(=O)c2ccc(O)cc2O)c(O)cc(O)c1CC(O)C(C)(C)SCC(NC(=O)CCC(N)C(=O)O)C(=O)NCC(=O)O. The number of phenolic OH excluding ortho intramolecular Hbond substituents is 4. The van der Waals surface area contributed by atoms with Crippen LogP contribution < -0.4 is 21.1 Å². The molecule has 0 bridgehead atoms. The van der Waals surface area contributed by atoms with Crippen LogP contribution in [-0.2, 0) is 32.0 Å². The van der Waals surface area contributed by atoms with Crippen molar-refractivity contribution >= 4 is 41.3 Å². The maximum atomic E-state index is 13.0. The second-order valence-corrected chi connectivity index (χ2v) is 12.7. The number of aliphatic hydroxyl groups excluding tert-OH is 1. The van der Waals surface area contributed by atoms with Crippen molar-refractivity contribution in [3.8, 4) is 28.7 Å². The molecule has 3 atom stereocenters. The lowest BCUT2D eigenvalue weighted by Gasteiger charge is -2.32. The van der Waals surface area contributed by atoms with Gasteiger partial charge in [0, 0.05) is 53.0 Å². The summed E-state index contributed by atoms with van der Waals surface area (Å²) in [5, 5.41) is 74.6. The summed E-state index contributed by atoms with van der Waals surface area (Å²) in [4.78, 5) is 60.1. The van der Waals surface area contributed by atoms with Crippen LogP contribution >= 0.6 is 11.8 Å². The Bertz CT molecular complexity index is 1500. The summed E-state index contributed by atoms with van der Waals surface area (Å²) in [5.41, 5.74) is 5.27. The van der Waals surface area contributed by atoms with Crippen molar-refractivity contribution < 1.29 is 64.5 Å². The number of methoxy groups -OCH3 is 1. The number of carboxylic acids is 2. The first kappa shape index (κ1) is 38.4. The molecule has 0 aliphatic rings. The number of phenols is 4. The van der Waals surface area contributed by atoms with E-state index in [1.54, 1.807) is 13.8 Å². The maximum absolute atomic E-state index is 13.0. The van der Waals surface area contributed by atoms with Crippen LogP contribution in [-0.4, -0.2) is 108 Å². The van der Waals surface area contributed by atoms with Crippen LogP contribution in [0, 0.1) is 0 Å². The van der Waals surface area contributed by atoms with Crippen LogP contribution in [0.4, 0.5) is 0 Å². The number of aliphatic carboxylic acids is 2. The zero-order valence-corrected chi connectivity index (χ0v) is 26.7. The van der Waals surface area contributed by atoms with E-state index in [0.29, 0.717) is 0 Å². The number of thioether (sulfide) groups is 1. The third-order valence-corrected chi connectivity index (χ3v) is 8.67. The monoisotopic (exact) mass is 681 g/mol. The second-order valence-electron chi connectivity index (χ2n) is 11.1. The van der Waals surface area contributed by atoms with Gasteiger partial charge < -0.3 is 56.8 Å². The molecular weight excluding hydrogens is 642 g/mol. The topological polar surface area (TPSA) is 286 Å². The molecule has 0 aromatic heterocycles. The van der Waals surface area contributed by atoms with Gasteiger partial charge in [-0.3, -0.25) is 24.0 Å². The Morgan fingerprint density at radius 1 is 0.979 bits per heavy atom. The van der Waals surface area contributed by atoms with E-state index in [1.165, 1.54) is 19.2 Å².